The summed E-state index contributed by atoms with van der Waals surface area (Å²) in [5.41, 5.74) is 1.01. The average Bonchev–Trinajstić information content (AvgIpc) is 2.42. The van der Waals surface area contributed by atoms with Gasteiger partial charge in [-0.2, -0.15) is 0 Å². The Morgan fingerprint density at radius 1 is 1.64 bits per heavy atom. The van der Waals surface area contributed by atoms with Crippen molar-refractivity contribution in [2.45, 2.75) is 19.4 Å². The number of hydrogen-bond donors (Lipinski definition) is 0. The van der Waals surface area contributed by atoms with Crippen LogP contribution in [0, 0.1) is 0 Å². The fourth-order valence-corrected chi connectivity index (χ4v) is 2.15. The zero-order valence-corrected chi connectivity index (χ0v) is 9.80. The van der Waals surface area contributed by atoms with E-state index in [-0.39, 0.29) is 5.78 Å². The summed E-state index contributed by atoms with van der Waals surface area (Å²) in [4.78, 5) is 13.8. The smallest absolute Gasteiger partial charge is 0.212 e. The van der Waals surface area contributed by atoms with Gasteiger partial charge < -0.3 is 4.42 Å². The van der Waals surface area contributed by atoms with E-state index in [0.29, 0.717) is 23.0 Å². The molecule has 0 spiro atoms. The van der Waals surface area contributed by atoms with Gasteiger partial charge in [-0.05, 0) is 42.4 Å². The average molecular weight is 258 g/mol. The molecule has 76 valence electrons. The third kappa shape index (κ3) is 1.64. The number of ketones is 1. The van der Waals surface area contributed by atoms with Crippen molar-refractivity contribution < 1.29 is 9.21 Å². The van der Waals surface area contributed by atoms with Crippen LogP contribution in [0.2, 0.25) is 0 Å². The molecule has 1 aliphatic rings. The summed E-state index contributed by atoms with van der Waals surface area (Å²) in [6.45, 7) is 2.55. The topological polar surface area (TPSA) is 33.5 Å². The van der Waals surface area contributed by atoms with Gasteiger partial charge >= 0.3 is 0 Å². The molecular formula is C10H12BrNO2. The molecule has 0 saturated heterocycles. The summed E-state index contributed by atoms with van der Waals surface area (Å²) >= 11 is 3.25. The second-order valence-corrected chi connectivity index (χ2v) is 4.58. The van der Waals surface area contributed by atoms with E-state index in [1.165, 1.54) is 0 Å². The minimum absolute atomic E-state index is 0.0672. The molecule has 4 heteroatoms. The fraction of sp³-hybridized carbons (Fsp3) is 0.500. The third-order valence-corrected chi connectivity index (χ3v) is 3.08. The minimum atomic E-state index is 0.0672. The van der Waals surface area contributed by atoms with E-state index in [4.69, 9.17) is 4.42 Å². The number of furan rings is 1. The summed E-state index contributed by atoms with van der Waals surface area (Å²) in [6, 6.07) is 2.27. The molecule has 0 N–H and O–H groups in total. The molecule has 0 aromatic carbocycles. The Morgan fingerprint density at radius 3 is 3.07 bits per heavy atom. The Morgan fingerprint density at radius 2 is 2.36 bits per heavy atom. The lowest BCUT2D eigenvalue weighted by Crippen LogP contribution is -2.32. The second-order valence-electron chi connectivity index (χ2n) is 3.80. The van der Waals surface area contributed by atoms with Crippen molar-refractivity contribution >= 4 is 21.7 Å². The molecule has 1 aliphatic heterocycles. The van der Waals surface area contributed by atoms with Crippen LogP contribution < -0.4 is 0 Å². The van der Waals surface area contributed by atoms with Crippen LogP contribution in [0.25, 0.3) is 0 Å². The van der Waals surface area contributed by atoms with Crippen molar-refractivity contribution in [3.8, 4) is 0 Å². The Labute approximate surface area is 91.2 Å². The number of Topliss-reactive ketones (excluding diaryl/α,β-unsaturated/α-hetero) is 1. The van der Waals surface area contributed by atoms with Gasteiger partial charge in [0.25, 0.3) is 0 Å². The first kappa shape index (κ1) is 9.93. The predicted molar refractivity (Wildman–Crippen MR) is 56.5 cm³/mol. The minimum Gasteiger partial charge on any atom is -0.446 e. The van der Waals surface area contributed by atoms with Crippen LogP contribution >= 0.6 is 15.9 Å². The fourth-order valence-electron chi connectivity index (χ4n) is 1.71. The van der Waals surface area contributed by atoms with E-state index in [2.05, 4.69) is 22.9 Å². The van der Waals surface area contributed by atoms with E-state index in [9.17, 15) is 4.79 Å². The van der Waals surface area contributed by atoms with Crippen LogP contribution in [-0.2, 0) is 6.42 Å². The van der Waals surface area contributed by atoms with Gasteiger partial charge in [-0.3, -0.25) is 9.69 Å². The summed E-state index contributed by atoms with van der Waals surface area (Å²) in [5.74, 6) is 0.589. The quantitative estimate of drug-likeness (QED) is 0.714. The zero-order chi connectivity index (χ0) is 10.3. The number of rotatable bonds is 0. The van der Waals surface area contributed by atoms with E-state index in [0.717, 1.165) is 12.0 Å². The van der Waals surface area contributed by atoms with Crippen LogP contribution in [0.1, 0.15) is 23.0 Å². The first-order valence-corrected chi connectivity index (χ1v) is 5.39. The largest absolute Gasteiger partial charge is 0.446 e. The van der Waals surface area contributed by atoms with Gasteiger partial charge in [0.2, 0.25) is 5.78 Å². The number of hydrogen-bond acceptors (Lipinski definition) is 3. The molecular weight excluding hydrogens is 246 g/mol. The maximum atomic E-state index is 11.7. The highest BCUT2D eigenvalue weighted by Crippen LogP contribution is 2.25. The highest BCUT2D eigenvalue weighted by atomic mass is 79.9. The number of nitrogens with zero attached hydrogens (tertiary/aromatic N) is 1. The molecule has 0 fully saturated rings. The monoisotopic (exact) mass is 257 g/mol. The summed E-state index contributed by atoms with van der Waals surface area (Å²) in [6.07, 6.45) is 0.868. The van der Waals surface area contributed by atoms with Crippen LogP contribution in [0.4, 0.5) is 0 Å². The zero-order valence-electron chi connectivity index (χ0n) is 8.21. The van der Waals surface area contributed by atoms with Crippen molar-refractivity contribution in [2.75, 3.05) is 13.6 Å². The number of fused-ring (bicyclic) bond motifs is 1. The predicted octanol–water partition coefficient (Wildman–Crippen LogP) is 2.10. The maximum absolute atomic E-state index is 11.7. The molecule has 0 aliphatic carbocycles. The van der Waals surface area contributed by atoms with Crippen molar-refractivity contribution in [1.29, 1.82) is 0 Å². The van der Waals surface area contributed by atoms with Crippen molar-refractivity contribution in [3.05, 3.63) is 22.1 Å². The molecule has 2 heterocycles. The number of likely N-dealkylation sites (N-methyl/N-ethyl adjacent to an activating group) is 1. The molecule has 0 amide bonds. The maximum Gasteiger partial charge on any atom is 0.212 e. The Bertz CT molecular complexity index is 372. The third-order valence-electron chi connectivity index (χ3n) is 2.69. The lowest BCUT2D eigenvalue weighted by molar-refractivity contribution is 0.0909. The van der Waals surface area contributed by atoms with Gasteiger partial charge in [0.15, 0.2) is 10.4 Å². The molecule has 2 rings (SSSR count). The molecule has 0 radical (unpaired) electrons. The van der Waals surface area contributed by atoms with Crippen molar-refractivity contribution in [1.82, 2.24) is 4.90 Å². The molecule has 1 aromatic heterocycles. The van der Waals surface area contributed by atoms with Gasteiger partial charge in [-0.1, -0.05) is 0 Å². The first-order chi connectivity index (χ1) is 6.58. The van der Waals surface area contributed by atoms with Crippen LogP contribution in [0.3, 0.4) is 0 Å². The summed E-state index contributed by atoms with van der Waals surface area (Å²) in [5, 5.41) is 0. The van der Waals surface area contributed by atoms with E-state index < -0.39 is 0 Å². The standard InChI is InChI=1S/C10H12BrNO2/c1-6-3-7-4-9(11)14-10(7)8(13)5-12(6)2/h4,6H,3,5H2,1-2H3. The first-order valence-electron chi connectivity index (χ1n) is 4.59. The Kier molecular flexibility index (Phi) is 2.49. The molecule has 1 aromatic rings. The molecule has 1 atom stereocenters. The van der Waals surface area contributed by atoms with Crippen LogP contribution in [-0.4, -0.2) is 30.3 Å². The lowest BCUT2D eigenvalue weighted by Gasteiger charge is -2.20. The normalized spacial score (nSPS) is 23.4. The SMILES string of the molecule is CC1Cc2cc(Br)oc2C(=O)CN1C. The Hall–Kier alpha value is -0.610. The van der Waals surface area contributed by atoms with Crippen LogP contribution in [0.15, 0.2) is 15.2 Å². The Balaban J connectivity index is 2.41. The van der Waals surface area contributed by atoms with Crippen molar-refractivity contribution in [3.63, 3.8) is 0 Å². The van der Waals surface area contributed by atoms with Gasteiger partial charge in [0, 0.05) is 11.6 Å². The summed E-state index contributed by atoms with van der Waals surface area (Å²) < 4.78 is 5.98. The highest BCUT2D eigenvalue weighted by Gasteiger charge is 2.26. The lowest BCUT2D eigenvalue weighted by atomic mass is 10.1. The molecule has 1 unspecified atom stereocenters. The van der Waals surface area contributed by atoms with Gasteiger partial charge in [0.1, 0.15) is 0 Å². The van der Waals surface area contributed by atoms with Crippen molar-refractivity contribution in [2.24, 2.45) is 0 Å². The van der Waals surface area contributed by atoms with Gasteiger partial charge in [-0.15, -0.1) is 0 Å². The molecule has 0 bridgehead atoms. The number of carbonyl (C=O) groups excluding carboxylic acids is 1. The van der Waals surface area contributed by atoms with E-state index in [1.54, 1.807) is 0 Å². The summed E-state index contributed by atoms with van der Waals surface area (Å²) in [7, 11) is 1.96. The van der Waals surface area contributed by atoms with Gasteiger partial charge in [0.05, 0.1) is 6.54 Å². The van der Waals surface area contributed by atoms with E-state index >= 15 is 0 Å². The van der Waals surface area contributed by atoms with Crippen LogP contribution in [0.5, 0.6) is 0 Å². The number of halogens is 1. The molecule has 0 saturated carbocycles. The van der Waals surface area contributed by atoms with E-state index in [1.807, 2.05) is 18.0 Å². The number of carbonyl (C=O) groups is 1. The second kappa shape index (κ2) is 3.51. The highest BCUT2D eigenvalue weighted by molar-refractivity contribution is 9.10. The molecule has 14 heavy (non-hydrogen) atoms. The molecule has 3 nitrogen and oxygen atoms in total. The van der Waals surface area contributed by atoms with Gasteiger partial charge in [-0.25, -0.2) is 0 Å².